The second-order valence-electron chi connectivity index (χ2n) is 7.68. The summed E-state index contributed by atoms with van der Waals surface area (Å²) in [5.41, 5.74) is 1.61. The van der Waals surface area contributed by atoms with Gasteiger partial charge in [-0.15, -0.1) is 0 Å². The third-order valence-corrected chi connectivity index (χ3v) is 5.59. The van der Waals surface area contributed by atoms with Crippen molar-refractivity contribution in [1.29, 1.82) is 0 Å². The van der Waals surface area contributed by atoms with Gasteiger partial charge in [0.1, 0.15) is 5.82 Å². The number of hydrogen-bond donors (Lipinski definition) is 2. The number of hydrogen-bond acceptors (Lipinski definition) is 2. The molecule has 7 heteroatoms. The first-order chi connectivity index (χ1) is 14.6. The molecule has 2 N–H and O–H groups in total. The van der Waals surface area contributed by atoms with E-state index in [0.29, 0.717) is 38.3 Å². The second-order valence-corrected chi connectivity index (χ2v) is 7.68. The minimum absolute atomic E-state index is 0.144. The van der Waals surface area contributed by atoms with Crippen LogP contribution in [0, 0.1) is 5.82 Å². The molecule has 156 valence electrons. The van der Waals surface area contributed by atoms with Crippen molar-refractivity contribution >= 4 is 28.4 Å². The SMILES string of the molecule is O=C(C[NH+]1CCN(C(=O)CCn2ccc3ccccc32)CC1)Nc1cccc(F)c1. The number of halogens is 1. The second kappa shape index (κ2) is 9.09. The summed E-state index contributed by atoms with van der Waals surface area (Å²) in [4.78, 5) is 27.8. The average Bonchev–Trinajstić information content (AvgIpc) is 3.15. The lowest BCUT2D eigenvalue weighted by Gasteiger charge is -2.32. The van der Waals surface area contributed by atoms with Gasteiger partial charge in [-0.25, -0.2) is 4.39 Å². The molecule has 4 rings (SSSR count). The molecule has 0 saturated carbocycles. The van der Waals surface area contributed by atoms with Crippen molar-refractivity contribution in [3.8, 4) is 0 Å². The van der Waals surface area contributed by atoms with E-state index < -0.39 is 0 Å². The highest BCUT2D eigenvalue weighted by molar-refractivity contribution is 5.91. The van der Waals surface area contributed by atoms with Crippen molar-refractivity contribution in [2.24, 2.45) is 0 Å². The number of piperazine rings is 1. The lowest BCUT2D eigenvalue weighted by Crippen LogP contribution is -3.15. The fraction of sp³-hybridized carbons (Fsp3) is 0.304. The van der Waals surface area contributed by atoms with Gasteiger partial charge in [0.15, 0.2) is 6.54 Å². The number of rotatable bonds is 6. The summed E-state index contributed by atoms with van der Waals surface area (Å²) in [6.45, 7) is 3.73. The van der Waals surface area contributed by atoms with Crippen LogP contribution in [-0.2, 0) is 16.1 Å². The highest BCUT2D eigenvalue weighted by Gasteiger charge is 2.25. The van der Waals surface area contributed by atoms with Gasteiger partial charge in [0.25, 0.3) is 5.91 Å². The molecule has 0 atom stereocenters. The Morgan fingerprint density at radius 2 is 1.83 bits per heavy atom. The third-order valence-electron chi connectivity index (χ3n) is 5.59. The predicted molar refractivity (Wildman–Crippen MR) is 114 cm³/mol. The van der Waals surface area contributed by atoms with Gasteiger partial charge in [-0.05, 0) is 35.7 Å². The average molecular weight is 409 g/mol. The third kappa shape index (κ3) is 4.86. The number of benzene rings is 2. The van der Waals surface area contributed by atoms with Gasteiger partial charge < -0.3 is 19.7 Å². The highest BCUT2D eigenvalue weighted by Crippen LogP contribution is 2.15. The van der Waals surface area contributed by atoms with Crippen LogP contribution < -0.4 is 10.2 Å². The van der Waals surface area contributed by atoms with Gasteiger partial charge in [0.2, 0.25) is 5.91 Å². The van der Waals surface area contributed by atoms with Gasteiger partial charge in [0, 0.05) is 30.4 Å². The Kier molecular flexibility index (Phi) is 6.09. The van der Waals surface area contributed by atoms with E-state index in [4.69, 9.17) is 0 Å². The molecule has 0 unspecified atom stereocenters. The van der Waals surface area contributed by atoms with E-state index in [1.807, 2.05) is 23.2 Å². The Labute approximate surface area is 174 Å². The summed E-state index contributed by atoms with van der Waals surface area (Å²) in [6, 6.07) is 16.1. The van der Waals surface area contributed by atoms with Gasteiger partial charge in [-0.3, -0.25) is 9.59 Å². The summed E-state index contributed by atoms with van der Waals surface area (Å²) in [7, 11) is 0. The summed E-state index contributed by atoms with van der Waals surface area (Å²) in [5, 5.41) is 3.91. The van der Waals surface area contributed by atoms with Crippen molar-refractivity contribution in [1.82, 2.24) is 9.47 Å². The molecular formula is C23H26FN4O2+. The molecule has 1 aliphatic rings. The number of anilines is 1. The van der Waals surface area contributed by atoms with Crippen molar-refractivity contribution in [2.75, 3.05) is 38.0 Å². The Balaban J connectivity index is 1.22. The van der Waals surface area contributed by atoms with Gasteiger partial charge >= 0.3 is 0 Å². The van der Waals surface area contributed by atoms with E-state index in [2.05, 4.69) is 28.1 Å². The minimum atomic E-state index is -0.375. The smallest absolute Gasteiger partial charge is 0.279 e. The van der Waals surface area contributed by atoms with Crippen molar-refractivity contribution in [3.63, 3.8) is 0 Å². The van der Waals surface area contributed by atoms with Gasteiger partial charge in [-0.1, -0.05) is 24.3 Å². The summed E-state index contributed by atoms with van der Waals surface area (Å²) >= 11 is 0. The molecule has 2 heterocycles. The lowest BCUT2D eigenvalue weighted by atomic mass is 10.2. The molecule has 0 spiro atoms. The number of nitrogens with one attached hydrogen (secondary N) is 2. The molecule has 1 fully saturated rings. The number of nitrogens with zero attached hydrogens (tertiary/aromatic N) is 2. The maximum Gasteiger partial charge on any atom is 0.279 e. The quantitative estimate of drug-likeness (QED) is 0.649. The van der Waals surface area contributed by atoms with Crippen LogP contribution in [0.15, 0.2) is 60.8 Å². The first-order valence-electron chi connectivity index (χ1n) is 10.3. The number of para-hydroxylation sites is 1. The van der Waals surface area contributed by atoms with Gasteiger partial charge in [-0.2, -0.15) is 0 Å². The molecular weight excluding hydrogens is 383 g/mol. The molecule has 1 saturated heterocycles. The Hall–Kier alpha value is -3.19. The van der Waals surface area contributed by atoms with Crippen LogP contribution in [0.4, 0.5) is 10.1 Å². The molecule has 2 amide bonds. The van der Waals surface area contributed by atoms with Crippen molar-refractivity contribution in [2.45, 2.75) is 13.0 Å². The van der Waals surface area contributed by atoms with Crippen LogP contribution in [0.25, 0.3) is 10.9 Å². The zero-order chi connectivity index (χ0) is 20.9. The van der Waals surface area contributed by atoms with Crippen LogP contribution in [0.3, 0.4) is 0 Å². The largest absolute Gasteiger partial charge is 0.347 e. The number of aryl methyl sites for hydroxylation is 1. The van der Waals surface area contributed by atoms with E-state index in [0.717, 1.165) is 23.5 Å². The lowest BCUT2D eigenvalue weighted by molar-refractivity contribution is -0.895. The molecule has 1 aliphatic heterocycles. The topological polar surface area (TPSA) is 58.8 Å². The first kappa shape index (κ1) is 20.1. The molecule has 0 radical (unpaired) electrons. The Morgan fingerprint density at radius 3 is 2.63 bits per heavy atom. The molecule has 0 bridgehead atoms. The molecule has 2 aromatic carbocycles. The molecule has 3 aromatic rings. The number of amides is 2. The van der Waals surface area contributed by atoms with E-state index in [1.165, 1.54) is 17.5 Å². The number of carbonyl (C=O) groups excluding carboxylic acids is 2. The summed E-state index contributed by atoms with van der Waals surface area (Å²) in [6.07, 6.45) is 2.49. The minimum Gasteiger partial charge on any atom is -0.347 e. The predicted octanol–water partition coefficient (Wildman–Crippen LogP) is 1.54. The highest BCUT2D eigenvalue weighted by atomic mass is 19.1. The monoisotopic (exact) mass is 409 g/mol. The number of aromatic nitrogens is 1. The first-order valence-corrected chi connectivity index (χ1v) is 10.3. The maximum atomic E-state index is 13.2. The Morgan fingerprint density at radius 1 is 1.03 bits per heavy atom. The van der Waals surface area contributed by atoms with Crippen LogP contribution >= 0.6 is 0 Å². The van der Waals surface area contributed by atoms with Crippen molar-refractivity contribution < 1.29 is 18.9 Å². The molecule has 6 nitrogen and oxygen atoms in total. The van der Waals surface area contributed by atoms with Crippen LogP contribution in [-0.4, -0.2) is 54.0 Å². The van der Waals surface area contributed by atoms with Crippen LogP contribution in [0.5, 0.6) is 0 Å². The fourth-order valence-corrected chi connectivity index (χ4v) is 3.96. The zero-order valence-electron chi connectivity index (χ0n) is 16.8. The standard InChI is InChI=1S/C23H25FN4O2/c24-19-5-3-6-20(16-19)25-22(29)17-26-12-14-28(15-13-26)23(30)9-11-27-10-8-18-4-1-2-7-21(18)27/h1-8,10,16H,9,11-15,17H2,(H,25,29)/p+1. The number of quaternary nitrogens is 1. The molecule has 0 aliphatic carbocycles. The van der Waals surface area contributed by atoms with E-state index in [-0.39, 0.29) is 17.6 Å². The summed E-state index contributed by atoms with van der Waals surface area (Å²) in [5.74, 6) is -0.369. The number of fused-ring (bicyclic) bond motifs is 1. The van der Waals surface area contributed by atoms with E-state index in [1.54, 1.807) is 12.1 Å². The van der Waals surface area contributed by atoms with E-state index in [9.17, 15) is 14.0 Å². The maximum absolute atomic E-state index is 13.2. The fourth-order valence-electron chi connectivity index (χ4n) is 3.96. The zero-order valence-corrected chi connectivity index (χ0v) is 16.8. The van der Waals surface area contributed by atoms with Crippen LogP contribution in [0.1, 0.15) is 6.42 Å². The van der Waals surface area contributed by atoms with Crippen molar-refractivity contribution in [3.05, 3.63) is 66.6 Å². The molecule has 30 heavy (non-hydrogen) atoms. The van der Waals surface area contributed by atoms with Crippen LogP contribution in [0.2, 0.25) is 0 Å². The molecule has 1 aromatic heterocycles. The van der Waals surface area contributed by atoms with Gasteiger partial charge in [0.05, 0.1) is 26.2 Å². The Bertz CT molecular complexity index is 1040. The summed E-state index contributed by atoms with van der Waals surface area (Å²) < 4.78 is 15.3. The van der Waals surface area contributed by atoms with E-state index >= 15 is 0 Å². The normalized spacial score (nSPS) is 14.8. The number of carbonyl (C=O) groups is 2.